The van der Waals surface area contributed by atoms with Crippen molar-refractivity contribution in [3.63, 3.8) is 0 Å². The zero-order valence-electron chi connectivity index (χ0n) is 8.68. The fourth-order valence-electron chi connectivity index (χ4n) is 2.49. The molecular formula is C13H11N2O+. The van der Waals surface area contributed by atoms with Crippen LogP contribution in [0.5, 0.6) is 5.75 Å². The van der Waals surface area contributed by atoms with Crippen LogP contribution in [0.15, 0.2) is 49.2 Å². The fraction of sp³-hybridized carbons (Fsp3) is 0.154. The van der Waals surface area contributed by atoms with Crippen LogP contribution in [0, 0.1) is 0 Å². The molecule has 2 aliphatic heterocycles. The number of hydrogen-bond acceptors (Lipinski definition) is 2. The van der Waals surface area contributed by atoms with Gasteiger partial charge in [0, 0.05) is 6.07 Å². The number of pyridine rings is 1. The third-order valence-electron chi connectivity index (χ3n) is 3.36. The number of rotatable bonds is 1. The van der Waals surface area contributed by atoms with Crippen LogP contribution in [0.4, 0.5) is 0 Å². The van der Waals surface area contributed by atoms with Crippen molar-refractivity contribution in [3.8, 4) is 5.75 Å². The summed E-state index contributed by atoms with van der Waals surface area (Å²) in [6, 6.07) is 10.3. The highest BCUT2D eigenvalue weighted by Gasteiger charge is 2.65. The van der Waals surface area contributed by atoms with Crippen LogP contribution in [0.1, 0.15) is 6.17 Å². The van der Waals surface area contributed by atoms with Gasteiger partial charge in [0.15, 0.2) is 11.9 Å². The predicted octanol–water partition coefficient (Wildman–Crippen LogP) is 1.50. The summed E-state index contributed by atoms with van der Waals surface area (Å²) in [4.78, 5) is 0. The van der Waals surface area contributed by atoms with E-state index in [-0.39, 0.29) is 6.17 Å². The van der Waals surface area contributed by atoms with Gasteiger partial charge >= 0.3 is 0 Å². The Bertz CT molecular complexity index is 617. The van der Waals surface area contributed by atoms with Crippen LogP contribution in [0.25, 0.3) is 10.9 Å². The molecule has 1 aromatic heterocycles. The van der Waals surface area contributed by atoms with E-state index < -0.39 is 5.72 Å². The standard InChI is InChI=1S/C13H11N2O/c1-2-13-12(14-13)15-8-4-6-9-5-3-7-10(16-13)11(9)15/h2-8,12,14H,1H2/q+1. The number of benzene rings is 1. The first-order valence-corrected chi connectivity index (χ1v) is 5.37. The lowest BCUT2D eigenvalue weighted by Crippen LogP contribution is -2.42. The number of hydrogen-bond donors (Lipinski definition) is 1. The van der Waals surface area contributed by atoms with Crippen molar-refractivity contribution in [2.75, 3.05) is 0 Å². The SMILES string of the molecule is C=CC12NC1[n+]1cccc3cccc(c31)O2. The van der Waals surface area contributed by atoms with Gasteiger partial charge in [-0.3, -0.25) is 0 Å². The monoisotopic (exact) mass is 211 g/mol. The Kier molecular flexibility index (Phi) is 1.27. The smallest absolute Gasteiger partial charge is 0.274 e. The molecule has 1 saturated heterocycles. The second-order valence-corrected chi connectivity index (χ2v) is 4.26. The summed E-state index contributed by atoms with van der Waals surface area (Å²) in [5.41, 5.74) is 0.755. The van der Waals surface area contributed by atoms with Gasteiger partial charge in [-0.25, -0.2) is 5.32 Å². The summed E-state index contributed by atoms with van der Waals surface area (Å²) in [5, 5.41) is 4.52. The minimum absolute atomic E-state index is 0.184. The van der Waals surface area contributed by atoms with E-state index in [0.717, 1.165) is 11.3 Å². The van der Waals surface area contributed by atoms with Gasteiger partial charge in [0.25, 0.3) is 17.4 Å². The molecule has 3 heterocycles. The van der Waals surface area contributed by atoms with Crippen molar-refractivity contribution >= 4 is 10.9 Å². The highest BCUT2D eigenvalue weighted by Crippen LogP contribution is 2.42. The van der Waals surface area contributed by atoms with Crippen LogP contribution in [-0.4, -0.2) is 5.72 Å². The van der Waals surface area contributed by atoms with Gasteiger partial charge in [-0.1, -0.05) is 12.6 Å². The number of nitrogens with one attached hydrogen (secondary N) is 1. The van der Waals surface area contributed by atoms with Crippen molar-refractivity contribution in [1.82, 2.24) is 5.32 Å². The van der Waals surface area contributed by atoms with E-state index >= 15 is 0 Å². The third kappa shape index (κ3) is 0.808. The molecule has 1 N–H and O–H groups in total. The highest BCUT2D eigenvalue weighted by molar-refractivity contribution is 5.82. The molecule has 1 aromatic carbocycles. The topological polar surface area (TPSA) is 35.0 Å². The Balaban J connectivity index is 2.10. The Hall–Kier alpha value is -1.87. The highest BCUT2D eigenvalue weighted by atomic mass is 16.5. The number of fused-ring (bicyclic) bond motifs is 2. The first-order valence-electron chi connectivity index (χ1n) is 5.37. The maximum Gasteiger partial charge on any atom is 0.274 e. The lowest BCUT2D eigenvalue weighted by Gasteiger charge is -2.16. The maximum absolute atomic E-state index is 5.96. The van der Waals surface area contributed by atoms with Gasteiger partial charge in [0.2, 0.25) is 0 Å². The van der Waals surface area contributed by atoms with Crippen LogP contribution in [0.2, 0.25) is 0 Å². The third-order valence-corrected chi connectivity index (χ3v) is 3.36. The largest absolute Gasteiger partial charge is 0.453 e. The molecule has 2 aromatic rings. The molecule has 3 heteroatoms. The minimum Gasteiger partial charge on any atom is -0.453 e. The molecule has 2 aliphatic rings. The Morgan fingerprint density at radius 2 is 2.25 bits per heavy atom. The molecule has 0 radical (unpaired) electrons. The minimum atomic E-state index is -0.396. The maximum atomic E-state index is 5.96. The zero-order valence-corrected chi connectivity index (χ0v) is 8.68. The molecule has 16 heavy (non-hydrogen) atoms. The first-order chi connectivity index (χ1) is 7.84. The summed E-state index contributed by atoms with van der Waals surface area (Å²) in [5.74, 6) is 0.916. The first kappa shape index (κ1) is 8.30. The predicted molar refractivity (Wildman–Crippen MR) is 59.9 cm³/mol. The van der Waals surface area contributed by atoms with E-state index in [4.69, 9.17) is 4.74 Å². The zero-order chi connectivity index (χ0) is 10.8. The van der Waals surface area contributed by atoms with E-state index in [1.807, 2.05) is 18.2 Å². The van der Waals surface area contributed by atoms with Crippen LogP contribution in [-0.2, 0) is 0 Å². The van der Waals surface area contributed by atoms with Gasteiger partial charge in [-0.15, -0.1) is 0 Å². The molecule has 3 nitrogen and oxygen atoms in total. The van der Waals surface area contributed by atoms with E-state index in [1.54, 1.807) is 0 Å². The average molecular weight is 211 g/mol. The van der Waals surface area contributed by atoms with Gasteiger partial charge in [0.05, 0.1) is 5.39 Å². The van der Waals surface area contributed by atoms with Gasteiger partial charge in [0.1, 0.15) is 0 Å². The second kappa shape index (κ2) is 2.44. The molecule has 78 valence electrons. The molecule has 0 amide bonds. The molecule has 1 fully saturated rings. The lowest BCUT2D eigenvalue weighted by atomic mass is 10.1. The molecule has 0 aliphatic carbocycles. The van der Waals surface area contributed by atoms with Crippen molar-refractivity contribution in [2.24, 2.45) is 0 Å². The van der Waals surface area contributed by atoms with E-state index in [1.165, 1.54) is 5.39 Å². The summed E-state index contributed by atoms with van der Waals surface area (Å²) in [6.07, 6.45) is 4.10. The number of ether oxygens (including phenoxy) is 1. The Labute approximate surface area is 93.0 Å². The number of para-hydroxylation sites is 1. The summed E-state index contributed by atoms with van der Waals surface area (Å²) in [7, 11) is 0. The van der Waals surface area contributed by atoms with Crippen molar-refractivity contribution in [3.05, 3.63) is 49.2 Å². The molecule has 0 bridgehead atoms. The molecule has 4 rings (SSSR count). The van der Waals surface area contributed by atoms with Crippen LogP contribution in [0.3, 0.4) is 0 Å². The molecule has 0 spiro atoms. The van der Waals surface area contributed by atoms with Gasteiger partial charge in [-0.05, 0) is 24.3 Å². The summed E-state index contributed by atoms with van der Waals surface area (Å²) < 4.78 is 8.18. The molecule has 0 saturated carbocycles. The second-order valence-electron chi connectivity index (χ2n) is 4.26. The fourth-order valence-corrected chi connectivity index (χ4v) is 2.49. The Morgan fingerprint density at radius 1 is 1.38 bits per heavy atom. The normalized spacial score (nSPS) is 29.4. The summed E-state index contributed by atoms with van der Waals surface area (Å²) >= 11 is 0. The molecule has 2 unspecified atom stereocenters. The van der Waals surface area contributed by atoms with Gasteiger partial charge in [-0.2, -0.15) is 4.57 Å². The average Bonchev–Trinajstić information content (AvgIpc) is 3.05. The Morgan fingerprint density at radius 3 is 3.12 bits per heavy atom. The van der Waals surface area contributed by atoms with E-state index in [2.05, 4.69) is 40.9 Å². The van der Waals surface area contributed by atoms with Crippen molar-refractivity contribution in [2.45, 2.75) is 11.9 Å². The molecular weight excluding hydrogens is 200 g/mol. The van der Waals surface area contributed by atoms with Gasteiger partial charge < -0.3 is 4.74 Å². The summed E-state index contributed by atoms with van der Waals surface area (Å²) in [6.45, 7) is 3.83. The molecule has 2 atom stereocenters. The van der Waals surface area contributed by atoms with Crippen molar-refractivity contribution in [1.29, 1.82) is 0 Å². The van der Waals surface area contributed by atoms with Crippen molar-refractivity contribution < 1.29 is 9.30 Å². The quantitative estimate of drug-likeness (QED) is 0.441. The van der Waals surface area contributed by atoms with E-state index in [9.17, 15) is 0 Å². The van der Waals surface area contributed by atoms with Crippen LogP contribution < -0.4 is 14.6 Å². The van der Waals surface area contributed by atoms with E-state index in [0.29, 0.717) is 0 Å². The number of nitrogens with zero attached hydrogens (tertiary/aromatic N) is 1. The lowest BCUT2D eigenvalue weighted by molar-refractivity contribution is -0.685. The number of aromatic nitrogens is 1. The van der Waals surface area contributed by atoms with Crippen LogP contribution >= 0.6 is 0 Å².